The number of aliphatic hydroxyl groups excluding tert-OH is 2. The lowest BCUT2D eigenvalue weighted by atomic mass is 10.0. The molecule has 0 unspecified atom stereocenters. The van der Waals surface area contributed by atoms with Crippen molar-refractivity contribution in [3.63, 3.8) is 0 Å². The lowest BCUT2D eigenvalue weighted by Gasteiger charge is -2.04. The Morgan fingerprint density at radius 1 is 0.808 bits per heavy atom. The summed E-state index contributed by atoms with van der Waals surface area (Å²) < 4.78 is 0. The monoisotopic (exact) mass is 360 g/mol. The van der Waals surface area contributed by atoms with Crippen molar-refractivity contribution in [3.05, 3.63) is 0 Å². The zero-order valence-electron chi connectivity index (χ0n) is 16.9. The molecule has 0 bridgehead atoms. The maximum Gasteiger partial charge on any atom is 0.115 e. The van der Waals surface area contributed by atoms with Crippen LogP contribution in [-0.2, 0) is 0 Å². The van der Waals surface area contributed by atoms with Gasteiger partial charge in [0.05, 0.1) is 0 Å². The molecule has 0 aromatic carbocycles. The van der Waals surface area contributed by atoms with Gasteiger partial charge in [0.25, 0.3) is 0 Å². The molecule has 0 saturated heterocycles. The number of unbranched alkanes of at least 4 members (excludes halogenated alkanes) is 9. The summed E-state index contributed by atoms with van der Waals surface area (Å²) >= 11 is 0. The SMILES string of the molecule is CCCCCCCCCCCC[C@H]1C[C@@H]1CCC[C@H](O)C#CC#CCO. The molecular weight excluding hydrogens is 320 g/mol. The first-order valence-electron chi connectivity index (χ1n) is 11.0. The lowest BCUT2D eigenvalue weighted by Crippen LogP contribution is -2.02. The average molecular weight is 361 g/mol. The molecule has 148 valence electrons. The Morgan fingerprint density at radius 3 is 2.00 bits per heavy atom. The molecule has 0 spiro atoms. The zero-order chi connectivity index (χ0) is 18.9. The second-order valence-corrected chi connectivity index (χ2v) is 7.90. The fourth-order valence-corrected chi connectivity index (χ4v) is 3.76. The highest BCUT2D eigenvalue weighted by molar-refractivity contribution is 5.27. The minimum atomic E-state index is -0.567. The molecule has 2 N–H and O–H groups in total. The third-order valence-corrected chi connectivity index (χ3v) is 5.52. The largest absolute Gasteiger partial charge is 0.384 e. The van der Waals surface area contributed by atoms with Gasteiger partial charge in [0.1, 0.15) is 12.7 Å². The Hall–Kier alpha value is -0.960. The highest BCUT2D eigenvalue weighted by Crippen LogP contribution is 2.45. The molecule has 1 fully saturated rings. The van der Waals surface area contributed by atoms with Gasteiger partial charge in [0.15, 0.2) is 0 Å². The molecule has 1 saturated carbocycles. The highest BCUT2D eigenvalue weighted by Gasteiger charge is 2.35. The van der Waals surface area contributed by atoms with Crippen LogP contribution in [0, 0.1) is 35.5 Å². The molecule has 2 heteroatoms. The molecule has 0 amide bonds. The highest BCUT2D eigenvalue weighted by atomic mass is 16.3. The van der Waals surface area contributed by atoms with Crippen molar-refractivity contribution >= 4 is 0 Å². The minimum Gasteiger partial charge on any atom is -0.384 e. The van der Waals surface area contributed by atoms with Crippen molar-refractivity contribution in [1.82, 2.24) is 0 Å². The van der Waals surface area contributed by atoms with Gasteiger partial charge in [0.2, 0.25) is 0 Å². The molecule has 0 aromatic rings. The topological polar surface area (TPSA) is 40.5 Å². The predicted octanol–water partition coefficient (Wildman–Crippen LogP) is 5.46. The number of hydrogen-bond acceptors (Lipinski definition) is 2. The van der Waals surface area contributed by atoms with Crippen LogP contribution in [-0.4, -0.2) is 22.9 Å². The van der Waals surface area contributed by atoms with Crippen LogP contribution < -0.4 is 0 Å². The Labute approximate surface area is 162 Å². The Bertz CT molecular complexity index is 448. The van der Waals surface area contributed by atoms with E-state index in [0.717, 1.165) is 24.7 Å². The Balaban J connectivity index is 1.85. The molecule has 2 nitrogen and oxygen atoms in total. The summed E-state index contributed by atoms with van der Waals surface area (Å²) in [4.78, 5) is 0. The molecule has 1 aliphatic rings. The maximum absolute atomic E-state index is 9.75. The van der Waals surface area contributed by atoms with Gasteiger partial charge in [-0.25, -0.2) is 0 Å². The van der Waals surface area contributed by atoms with Gasteiger partial charge >= 0.3 is 0 Å². The van der Waals surface area contributed by atoms with E-state index in [-0.39, 0.29) is 6.61 Å². The molecule has 0 radical (unpaired) electrons. The second kappa shape index (κ2) is 16.2. The molecular formula is C24H40O2. The number of rotatable bonds is 15. The van der Waals surface area contributed by atoms with Crippen molar-refractivity contribution < 1.29 is 10.2 Å². The van der Waals surface area contributed by atoms with E-state index >= 15 is 0 Å². The number of aliphatic hydroxyl groups is 2. The number of hydrogen-bond donors (Lipinski definition) is 2. The zero-order valence-corrected chi connectivity index (χ0v) is 16.9. The van der Waals surface area contributed by atoms with Gasteiger partial charge in [0, 0.05) is 0 Å². The molecule has 0 aromatic heterocycles. The van der Waals surface area contributed by atoms with Crippen molar-refractivity contribution in [3.8, 4) is 23.7 Å². The summed E-state index contributed by atoms with van der Waals surface area (Å²) in [5.74, 6) is 12.1. The van der Waals surface area contributed by atoms with Gasteiger partial charge in [-0.1, -0.05) is 95.8 Å². The van der Waals surface area contributed by atoms with E-state index in [1.54, 1.807) is 0 Å². The first kappa shape index (κ1) is 23.1. The van der Waals surface area contributed by atoms with Crippen LogP contribution in [0.5, 0.6) is 0 Å². The smallest absolute Gasteiger partial charge is 0.115 e. The van der Waals surface area contributed by atoms with E-state index in [2.05, 4.69) is 30.6 Å². The molecule has 3 atom stereocenters. The van der Waals surface area contributed by atoms with E-state index in [0.29, 0.717) is 0 Å². The van der Waals surface area contributed by atoms with E-state index in [9.17, 15) is 5.11 Å². The third-order valence-electron chi connectivity index (χ3n) is 5.52. The minimum absolute atomic E-state index is 0.174. The third kappa shape index (κ3) is 13.3. The summed E-state index contributed by atoms with van der Waals surface area (Å²) in [5, 5.41) is 18.3. The van der Waals surface area contributed by atoms with Crippen molar-refractivity contribution in [2.24, 2.45) is 11.8 Å². The summed E-state index contributed by atoms with van der Waals surface area (Å²) in [7, 11) is 0. The van der Waals surface area contributed by atoms with Gasteiger partial charge < -0.3 is 10.2 Å². The van der Waals surface area contributed by atoms with Gasteiger partial charge in [-0.15, -0.1) is 0 Å². The van der Waals surface area contributed by atoms with Gasteiger partial charge in [-0.05, 0) is 42.9 Å². The molecule has 0 aliphatic heterocycles. The average Bonchev–Trinajstić information content (AvgIpc) is 3.38. The van der Waals surface area contributed by atoms with Crippen molar-refractivity contribution in [2.45, 2.75) is 109 Å². The van der Waals surface area contributed by atoms with E-state index in [4.69, 9.17) is 5.11 Å². The van der Waals surface area contributed by atoms with E-state index in [1.807, 2.05) is 0 Å². The van der Waals surface area contributed by atoms with Crippen LogP contribution in [0.3, 0.4) is 0 Å². The normalized spacial score (nSPS) is 19.2. The Morgan fingerprint density at radius 2 is 1.38 bits per heavy atom. The van der Waals surface area contributed by atoms with Crippen LogP contribution in [0.4, 0.5) is 0 Å². The Kier molecular flexibility index (Phi) is 14.4. The van der Waals surface area contributed by atoms with Crippen LogP contribution >= 0.6 is 0 Å². The van der Waals surface area contributed by atoms with Crippen LogP contribution in [0.2, 0.25) is 0 Å². The van der Waals surface area contributed by atoms with Gasteiger partial charge in [-0.2, -0.15) is 0 Å². The van der Waals surface area contributed by atoms with E-state index in [1.165, 1.54) is 83.5 Å². The van der Waals surface area contributed by atoms with Crippen LogP contribution in [0.25, 0.3) is 0 Å². The maximum atomic E-state index is 9.75. The van der Waals surface area contributed by atoms with Crippen LogP contribution in [0.1, 0.15) is 103 Å². The second-order valence-electron chi connectivity index (χ2n) is 7.90. The summed E-state index contributed by atoms with van der Waals surface area (Å²) in [6.07, 6.45) is 19.5. The summed E-state index contributed by atoms with van der Waals surface area (Å²) in [5.41, 5.74) is 0. The summed E-state index contributed by atoms with van der Waals surface area (Å²) in [6.45, 7) is 2.10. The molecule has 1 rings (SSSR count). The van der Waals surface area contributed by atoms with Crippen molar-refractivity contribution in [1.29, 1.82) is 0 Å². The van der Waals surface area contributed by atoms with Crippen LogP contribution in [0.15, 0.2) is 0 Å². The molecule has 1 aliphatic carbocycles. The molecule has 26 heavy (non-hydrogen) atoms. The first-order valence-corrected chi connectivity index (χ1v) is 11.0. The first-order chi connectivity index (χ1) is 12.8. The van der Waals surface area contributed by atoms with Crippen molar-refractivity contribution in [2.75, 3.05) is 6.61 Å². The van der Waals surface area contributed by atoms with Gasteiger partial charge in [-0.3, -0.25) is 0 Å². The fourth-order valence-electron chi connectivity index (χ4n) is 3.76. The molecule has 0 heterocycles. The fraction of sp³-hybridized carbons (Fsp3) is 0.833. The lowest BCUT2D eigenvalue weighted by molar-refractivity contribution is 0.216. The van der Waals surface area contributed by atoms with E-state index < -0.39 is 6.10 Å². The quantitative estimate of drug-likeness (QED) is 0.300. The standard InChI is InChI=1S/C24H40O2/c1-2-3-4-5-6-7-8-9-10-12-16-22-21-23(22)17-15-19-24(26)18-13-11-14-20-25/h22-26H,2-10,12,15-17,19-21H2,1H3/t22-,23-,24+/m0/s1. The summed E-state index contributed by atoms with van der Waals surface area (Å²) in [6, 6.07) is 0. The predicted molar refractivity (Wildman–Crippen MR) is 111 cm³/mol.